The molecule has 2 aliphatic carbocycles. The lowest BCUT2D eigenvalue weighted by atomic mass is 9.90. The van der Waals surface area contributed by atoms with Gasteiger partial charge in [-0.2, -0.15) is 5.10 Å². The maximum absolute atomic E-state index is 14.1. The number of anilines is 1. The van der Waals surface area contributed by atoms with Crippen LogP contribution in [0.3, 0.4) is 0 Å². The summed E-state index contributed by atoms with van der Waals surface area (Å²) in [5, 5.41) is 19.3. The van der Waals surface area contributed by atoms with Crippen LogP contribution in [-0.2, 0) is 22.7 Å². The topological polar surface area (TPSA) is 132 Å². The molecule has 0 bridgehead atoms. The SMILES string of the molecule is O=C(Cn1nc(C(=O)O)cc1C(=O)Nc1ccc(F)cc1OCC1CCCCC1)N[C@H]1CCCC[C@@H]1OCc1ccccc1. The molecule has 44 heavy (non-hydrogen) atoms. The third-order valence-corrected chi connectivity index (χ3v) is 8.27. The fourth-order valence-electron chi connectivity index (χ4n) is 5.92. The first-order valence-electron chi connectivity index (χ1n) is 15.4. The lowest BCUT2D eigenvalue weighted by molar-refractivity contribution is -0.124. The number of rotatable bonds is 12. The Hall–Kier alpha value is -4.25. The standard InChI is InChI=1S/C33H39FN4O6/c34-24-15-16-26(30(17-24)44-21-23-11-5-2-6-12-23)36-32(40)28-18-27(33(41)42)37-38(28)19-31(39)35-25-13-7-8-14-29(25)43-20-22-9-3-1-4-10-22/h1,3-4,9-10,15-18,23,25,29H,2,5-8,11-14,19-21H2,(H,35,39)(H,36,40)(H,41,42)/t25-,29-/m0/s1. The van der Waals surface area contributed by atoms with E-state index in [1.807, 2.05) is 30.3 Å². The number of aromatic carboxylic acids is 1. The van der Waals surface area contributed by atoms with Gasteiger partial charge in [-0.1, -0.05) is 62.4 Å². The number of carbonyl (C=O) groups is 3. The van der Waals surface area contributed by atoms with Gasteiger partial charge in [0.25, 0.3) is 5.91 Å². The van der Waals surface area contributed by atoms with Crippen molar-refractivity contribution in [2.24, 2.45) is 5.92 Å². The number of halogens is 1. The fourth-order valence-corrected chi connectivity index (χ4v) is 5.92. The van der Waals surface area contributed by atoms with Gasteiger partial charge in [0.15, 0.2) is 5.69 Å². The first kappa shape index (κ1) is 31.2. The minimum Gasteiger partial charge on any atom is -0.491 e. The molecule has 0 aliphatic heterocycles. The number of aromatic nitrogens is 2. The normalized spacial score (nSPS) is 18.8. The van der Waals surface area contributed by atoms with Crippen molar-refractivity contribution in [2.75, 3.05) is 11.9 Å². The van der Waals surface area contributed by atoms with E-state index in [0.717, 1.165) is 67.7 Å². The van der Waals surface area contributed by atoms with Crippen molar-refractivity contribution in [2.45, 2.75) is 83.1 Å². The highest BCUT2D eigenvalue weighted by molar-refractivity contribution is 6.05. The Kier molecular flexibility index (Phi) is 10.6. The third kappa shape index (κ3) is 8.43. The van der Waals surface area contributed by atoms with Crippen molar-refractivity contribution in [3.05, 3.63) is 77.4 Å². The van der Waals surface area contributed by atoms with Crippen LogP contribution in [-0.4, -0.2) is 51.4 Å². The van der Waals surface area contributed by atoms with E-state index >= 15 is 0 Å². The number of carboxylic acids is 1. The average Bonchev–Trinajstić information content (AvgIpc) is 3.46. The van der Waals surface area contributed by atoms with Crippen molar-refractivity contribution in [1.82, 2.24) is 15.1 Å². The second-order valence-corrected chi connectivity index (χ2v) is 11.6. The molecule has 0 radical (unpaired) electrons. The summed E-state index contributed by atoms with van der Waals surface area (Å²) < 4.78 is 27.3. The molecule has 2 atom stereocenters. The van der Waals surface area contributed by atoms with Gasteiger partial charge in [-0.3, -0.25) is 9.59 Å². The summed E-state index contributed by atoms with van der Waals surface area (Å²) in [4.78, 5) is 38.3. The molecule has 2 aromatic carbocycles. The largest absolute Gasteiger partial charge is 0.491 e. The molecule has 3 aromatic rings. The van der Waals surface area contributed by atoms with E-state index in [9.17, 15) is 23.9 Å². The van der Waals surface area contributed by atoms with Gasteiger partial charge in [0.05, 0.1) is 31.0 Å². The minimum absolute atomic E-state index is 0.124. The molecule has 0 saturated heterocycles. The summed E-state index contributed by atoms with van der Waals surface area (Å²) in [6, 6.07) is 14.5. The first-order chi connectivity index (χ1) is 21.4. The Balaban J connectivity index is 1.25. The smallest absolute Gasteiger partial charge is 0.356 e. The van der Waals surface area contributed by atoms with Crippen molar-refractivity contribution in [3.63, 3.8) is 0 Å². The molecule has 2 amide bonds. The Bertz CT molecular complexity index is 1440. The number of hydrogen-bond donors (Lipinski definition) is 3. The van der Waals surface area contributed by atoms with E-state index in [4.69, 9.17) is 9.47 Å². The molecule has 234 valence electrons. The first-order valence-corrected chi connectivity index (χ1v) is 15.4. The summed E-state index contributed by atoms with van der Waals surface area (Å²) in [5.74, 6) is -2.42. The number of carboxylic acid groups (broad SMARTS) is 1. The predicted molar refractivity (Wildman–Crippen MR) is 161 cm³/mol. The molecule has 0 spiro atoms. The molecular formula is C33H39FN4O6. The fraction of sp³-hybridized carbons (Fsp3) is 0.455. The Morgan fingerprint density at radius 2 is 1.70 bits per heavy atom. The molecule has 5 rings (SSSR count). The highest BCUT2D eigenvalue weighted by atomic mass is 19.1. The highest BCUT2D eigenvalue weighted by Gasteiger charge is 2.29. The molecule has 1 heterocycles. The zero-order valence-electron chi connectivity index (χ0n) is 24.7. The van der Waals surface area contributed by atoms with Gasteiger partial charge in [-0.25, -0.2) is 13.9 Å². The third-order valence-electron chi connectivity index (χ3n) is 8.27. The van der Waals surface area contributed by atoms with Gasteiger partial charge in [0.1, 0.15) is 23.8 Å². The predicted octanol–water partition coefficient (Wildman–Crippen LogP) is 5.58. The molecular weight excluding hydrogens is 567 g/mol. The van der Waals surface area contributed by atoms with Crippen molar-refractivity contribution >= 4 is 23.5 Å². The highest BCUT2D eigenvalue weighted by Crippen LogP contribution is 2.30. The molecule has 10 nitrogen and oxygen atoms in total. The number of nitrogens with one attached hydrogen (secondary N) is 2. The van der Waals surface area contributed by atoms with Crippen LogP contribution in [0, 0.1) is 11.7 Å². The Morgan fingerprint density at radius 3 is 2.48 bits per heavy atom. The lowest BCUT2D eigenvalue weighted by Crippen LogP contribution is -2.47. The van der Waals surface area contributed by atoms with Gasteiger partial charge >= 0.3 is 5.97 Å². The summed E-state index contributed by atoms with van der Waals surface area (Å²) in [6.45, 7) is 0.469. The Labute approximate surface area is 255 Å². The van der Waals surface area contributed by atoms with Crippen LogP contribution in [0.4, 0.5) is 10.1 Å². The molecule has 0 unspecified atom stereocenters. The van der Waals surface area contributed by atoms with Gasteiger partial charge in [0.2, 0.25) is 5.91 Å². The number of ether oxygens (including phenoxy) is 2. The van der Waals surface area contributed by atoms with E-state index in [2.05, 4.69) is 15.7 Å². The van der Waals surface area contributed by atoms with Crippen LogP contribution in [0.2, 0.25) is 0 Å². The molecule has 3 N–H and O–H groups in total. The van der Waals surface area contributed by atoms with E-state index in [-0.39, 0.29) is 41.5 Å². The Morgan fingerprint density at radius 1 is 0.955 bits per heavy atom. The number of carbonyl (C=O) groups excluding carboxylic acids is 2. The molecule has 11 heteroatoms. The lowest BCUT2D eigenvalue weighted by Gasteiger charge is -2.32. The molecule has 2 aliphatic rings. The zero-order chi connectivity index (χ0) is 30.9. The summed E-state index contributed by atoms with van der Waals surface area (Å²) in [5.41, 5.74) is 0.778. The van der Waals surface area contributed by atoms with E-state index < -0.39 is 23.6 Å². The van der Waals surface area contributed by atoms with Gasteiger partial charge in [-0.05, 0) is 49.3 Å². The monoisotopic (exact) mass is 606 g/mol. The number of benzene rings is 2. The zero-order valence-corrected chi connectivity index (χ0v) is 24.7. The van der Waals surface area contributed by atoms with Crippen LogP contribution < -0.4 is 15.4 Å². The van der Waals surface area contributed by atoms with Crippen LogP contribution in [0.5, 0.6) is 5.75 Å². The van der Waals surface area contributed by atoms with Gasteiger partial charge < -0.3 is 25.2 Å². The summed E-state index contributed by atoms with van der Waals surface area (Å²) in [7, 11) is 0. The average molecular weight is 607 g/mol. The quantitative estimate of drug-likeness (QED) is 0.245. The van der Waals surface area contributed by atoms with E-state index in [1.165, 1.54) is 24.6 Å². The number of amides is 2. The molecule has 2 fully saturated rings. The maximum Gasteiger partial charge on any atom is 0.356 e. The van der Waals surface area contributed by atoms with Gasteiger partial charge in [-0.15, -0.1) is 0 Å². The maximum atomic E-state index is 14.1. The van der Waals surface area contributed by atoms with Crippen molar-refractivity contribution in [1.29, 1.82) is 0 Å². The van der Waals surface area contributed by atoms with E-state index in [0.29, 0.717) is 19.1 Å². The number of nitrogens with zero attached hydrogens (tertiary/aromatic N) is 2. The van der Waals surface area contributed by atoms with Crippen molar-refractivity contribution in [3.8, 4) is 5.75 Å². The van der Waals surface area contributed by atoms with Crippen LogP contribution in [0.15, 0.2) is 54.6 Å². The molecule has 2 saturated carbocycles. The minimum atomic E-state index is -1.34. The summed E-state index contributed by atoms with van der Waals surface area (Å²) >= 11 is 0. The van der Waals surface area contributed by atoms with Crippen LogP contribution >= 0.6 is 0 Å². The summed E-state index contributed by atoms with van der Waals surface area (Å²) in [6.07, 6.45) is 8.85. The van der Waals surface area contributed by atoms with E-state index in [1.54, 1.807) is 0 Å². The molecule has 1 aromatic heterocycles. The second kappa shape index (κ2) is 15.0. The van der Waals surface area contributed by atoms with Crippen LogP contribution in [0.25, 0.3) is 0 Å². The van der Waals surface area contributed by atoms with Gasteiger partial charge in [0, 0.05) is 12.1 Å². The number of hydrogen-bond acceptors (Lipinski definition) is 6. The van der Waals surface area contributed by atoms with Crippen molar-refractivity contribution < 1.29 is 33.4 Å². The van der Waals surface area contributed by atoms with Crippen LogP contribution in [0.1, 0.15) is 84.3 Å². The second-order valence-electron chi connectivity index (χ2n) is 11.6.